The van der Waals surface area contributed by atoms with E-state index in [-0.39, 0.29) is 0 Å². The minimum atomic E-state index is 0.479. The number of thioether (sulfide) groups is 1. The van der Waals surface area contributed by atoms with Crippen molar-refractivity contribution in [3.05, 3.63) is 29.6 Å². The van der Waals surface area contributed by atoms with E-state index in [2.05, 4.69) is 23.5 Å². The van der Waals surface area contributed by atoms with Crippen molar-refractivity contribution in [2.24, 2.45) is 0 Å². The molecule has 0 spiro atoms. The maximum atomic E-state index is 8.69. The number of hydrogen-bond acceptors (Lipinski definition) is 4. The molecule has 0 bridgehead atoms. The second kappa shape index (κ2) is 6.44. The largest absolute Gasteiger partial charge is 0.309 e. The van der Waals surface area contributed by atoms with Crippen molar-refractivity contribution in [2.75, 3.05) is 12.0 Å². The predicted octanol–water partition coefficient (Wildman–Crippen LogP) is 1.79. The second-order valence-electron chi connectivity index (χ2n) is 3.40. The van der Waals surface area contributed by atoms with E-state index in [4.69, 9.17) is 5.26 Å². The predicted molar refractivity (Wildman–Crippen MR) is 63.6 cm³/mol. The van der Waals surface area contributed by atoms with Crippen molar-refractivity contribution >= 4 is 11.8 Å². The highest BCUT2D eigenvalue weighted by molar-refractivity contribution is 7.98. The lowest BCUT2D eigenvalue weighted by Crippen LogP contribution is -2.27. The van der Waals surface area contributed by atoms with Crippen LogP contribution in [0.4, 0.5) is 0 Å². The highest BCUT2D eigenvalue weighted by Gasteiger charge is 2.01. The standard InChI is InChI=1S/C11H15N3S/c1-9(8-15-2)14-7-10-3-4-13-11(5-10)6-12/h3-5,9,14H,7-8H2,1-2H3. The molecule has 1 N–H and O–H groups in total. The normalized spacial score (nSPS) is 12.1. The number of nitriles is 1. The lowest BCUT2D eigenvalue weighted by molar-refractivity contribution is 0.596. The van der Waals surface area contributed by atoms with E-state index >= 15 is 0 Å². The Kier molecular flexibility index (Phi) is 5.16. The summed E-state index contributed by atoms with van der Waals surface area (Å²) in [6.07, 6.45) is 3.77. The number of nitrogens with zero attached hydrogens (tertiary/aromatic N) is 2. The van der Waals surface area contributed by atoms with Crippen molar-refractivity contribution in [1.29, 1.82) is 5.26 Å². The first-order valence-electron chi connectivity index (χ1n) is 4.83. The molecule has 0 saturated heterocycles. The Balaban J connectivity index is 2.47. The average molecular weight is 221 g/mol. The molecule has 0 aliphatic carbocycles. The van der Waals surface area contributed by atoms with Gasteiger partial charge in [0.15, 0.2) is 0 Å². The molecule has 0 fully saturated rings. The zero-order chi connectivity index (χ0) is 11.1. The summed E-state index contributed by atoms with van der Waals surface area (Å²) in [4.78, 5) is 3.93. The van der Waals surface area contributed by atoms with Crippen LogP contribution < -0.4 is 5.32 Å². The Morgan fingerprint density at radius 2 is 2.47 bits per heavy atom. The lowest BCUT2D eigenvalue weighted by Gasteiger charge is -2.11. The molecule has 0 radical (unpaired) electrons. The summed E-state index contributed by atoms with van der Waals surface area (Å²) in [5, 5.41) is 12.1. The SMILES string of the molecule is CSCC(C)NCc1ccnc(C#N)c1. The van der Waals surface area contributed by atoms with Gasteiger partial charge in [0.05, 0.1) is 0 Å². The molecule has 15 heavy (non-hydrogen) atoms. The number of hydrogen-bond donors (Lipinski definition) is 1. The molecule has 0 aromatic carbocycles. The number of nitrogens with one attached hydrogen (secondary N) is 1. The Hall–Kier alpha value is -1.05. The van der Waals surface area contributed by atoms with Crippen LogP contribution in [0.2, 0.25) is 0 Å². The Bertz CT molecular complexity index is 346. The van der Waals surface area contributed by atoms with E-state index in [1.54, 1.807) is 6.20 Å². The van der Waals surface area contributed by atoms with E-state index in [9.17, 15) is 0 Å². The van der Waals surface area contributed by atoms with E-state index in [1.165, 1.54) is 0 Å². The van der Waals surface area contributed by atoms with Crippen LogP contribution in [0, 0.1) is 11.3 Å². The highest BCUT2D eigenvalue weighted by atomic mass is 32.2. The summed E-state index contributed by atoms with van der Waals surface area (Å²) in [6.45, 7) is 2.95. The smallest absolute Gasteiger partial charge is 0.140 e. The molecule has 1 rings (SSSR count). The van der Waals surface area contributed by atoms with Crippen molar-refractivity contribution < 1.29 is 0 Å². The van der Waals surface area contributed by atoms with Crippen LogP contribution in [-0.2, 0) is 6.54 Å². The van der Waals surface area contributed by atoms with Gasteiger partial charge in [0.2, 0.25) is 0 Å². The zero-order valence-electron chi connectivity index (χ0n) is 9.03. The second-order valence-corrected chi connectivity index (χ2v) is 4.31. The monoisotopic (exact) mass is 221 g/mol. The molecular formula is C11H15N3S. The third-order valence-corrected chi connectivity index (χ3v) is 2.84. The fraction of sp³-hybridized carbons (Fsp3) is 0.455. The van der Waals surface area contributed by atoms with E-state index in [1.807, 2.05) is 30.0 Å². The van der Waals surface area contributed by atoms with Gasteiger partial charge in [-0.15, -0.1) is 0 Å². The molecule has 1 aromatic heterocycles. The van der Waals surface area contributed by atoms with Gasteiger partial charge in [-0.3, -0.25) is 0 Å². The first-order valence-corrected chi connectivity index (χ1v) is 6.23. The van der Waals surface area contributed by atoms with Crippen LogP contribution in [-0.4, -0.2) is 23.0 Å². The molecule has 0 aliphatic rings. The van der Waals surface area contributed by atoms with Crippen molar-refractivity contribution in [3.63, 3.8) is 0 Å². The molecular weight excluding hydrogens is 206 g/mol. The molecule has 1 atom stereocenters. The quantitative estimate of drug-likeness (QED) is 0.823. The van der Waals surface area contributed by atoms with Crippen molar-refractivity contribution in [1.82, 2.24) is 10.3 Å². The van der Waals surface area contributed by atoms with Gasteiger partial charge in [-0.25, -0.2) is 4.98 Å². The molecule has 3 nitrogen and oxygen atoms in total. The summed E-state index contributed by atoms with van der Waals surface area (Å²) in [5.41, 5.74) is 1.58. The van der Waals surface area contributed by atoms with Crippen LogP contribution in [0.3, 0.4) is 0 Å². The number of pyridine rings is 1. The Morgan fingerprint density at radius 3 is 3.13 bits per heavy atom. The molecule has 0 saturated carbocycles. The number of aromatic nitrogens is 1. The van der Waals surface area contributed by atoms with Crippen LogP contribution in [0.25, 0.3) is 0 Å². The van der Waals surface area contributed by atoms with Crippen LogP contribution in [0.5, 0.6) is 0 Å². The first-order chi connectivity index (χ1) is 7.26. The molecule has 1 unspecified atom stereocenters. The topological polar surface area (TPSA) is 48.7 Å². The average Bonchev–Trinajstić information content (AvgIpc) is 2.27. The van der Waals surface area contributed by atoms with Crippen molar-refractivity contribution in [3.8, 4) is 6.07 Å². The molecule has 1 aromatic rings. The van der Waals surface area contributed by atoms with Gasteiger partial charge in [0.1, 0.15) is 11.8 Å². The molecule has 80 valence electrons. The Labute approximate surface area is 94.9 Å². The van der Waals surface area contributed by atoms with Gasteiger partial charge < -0.3 is 5.32 Å². The Morgan fingerprint density at radius 1 is 1.67 bits per heavy atom. The third kappa shape index (κ3) is 4.32. The highest BCUT2D eigenvalue weighted by Crippen LogP contribution is 2.02. The van der Waals surface area contributed by atoms with Gasteiger partial charge >= 0.3 is 0 Å². The third-order valence-electron chi connectivity index (χ3n) is 2.01. The maximum absolute atomic E-state index is 8.69. The van der Waals surface area contributed by atoms with E-state index < -0.39 is 0 Å². The van der Waals surface area contributed by atoms with Gasteiger partial charge in [0, 0.05) is 24.5 Å². The van der Waals surface area contributed by atoms with E-state index in [0.717, 1.165) is 17.9 Å². The zero-order valence-corrected chi connectivity index (χ0v) is 9.84. The summed E-state index contributed by atoms with van der Waals surface area (Å²) < 4.78 is 0. The minimum absolute atomic E-state index is 0.479. The summed E-state index contributed by atoms with van der Waals surface area (Å²) >= 11 is 1.83. The van der Waals surface area contributed by atoms with E-state index in [0.29, 0.717) is 11.7 Å². The maximum Gasteiger partial charge on any atom is 0.140 e. The van der Waals surface area contributed by atoms with Crippen molar-refractivity contribution in [2.45, 2.75) is 19.5 Å². The summed E-state index contributed by atoms with van der Waals surface area (Å²) in [5.74, 6) is 1.09. The van der Waals surface area contributed by atoms with Gasteiger partial charge in [-0.05, 0) is 30.9 Å². The molecule has 4 heteroatoms. The lowest BCUT2D eigenvalue weighted by atomic mass is 10.2. The molecule has 1 heterocycles. The van der Waals surface area contributed by atoms with Crippen LogP contribution >= 0.6 is 11.8 Å². The van der Waals surface area contributed by atoms with Crippen LogP contribution in [0.15, 0.2) is 18.3 Å². The fourth-order valence-corrected chi connectivity index (χ4v) is 1.86. The first kappa shape index (κ1) is 12.0. The summed E-state index contributed by atoms with van der Waals surface area (Å²) in [6, 6.07) is 6.27. The van der Waals surface area contributed by atoms with Gasteiger partial charge in [-0.2, -0.15) is 17.0 Å². The minimum Gasteiger partial charge on any atom is -0.309 e. The van der Waals surface area contributed by atoms with Crippen LogP contribution in [0.1, 0.15) is 18.2 Å². The molecule has 0 aliphatic heterocycles. The van der Waals surface area contributed by atoms with Gasteiger partial charge in [0.25, 0.3) is 0 Å². The number of rotatable bonds is 5. The fourth-order valence-electron chi connectivity index (χ4n) is 1.25. The molecule has 0 amide bonds. The van der Waals surface area contributed by atoms with Gasteiger partial charge in [-0.1, -0.05) is 0 Å². The summed E-state index contributed by atoms with van der Waals surface area (Å²) in [7, 11) is 0.